The summed E-state index contributed by atoms with van der Waals surface area (Å²) in [6, 6.07) is 49.0. The summed E-state index contributed by atoms with van der Waals surface area (Å²) < 4.78 is 6.53. The predicted molar refractivity (Wildman–Crippen MR) is 225 cm³/mol. The molecule has 0 atom stereocenters. The normalized spacial score (nSPS) is 14.5. The van der Waals surface area contributed by atoms with Crippen LogP contribution >= 0.6 is 0 Å². The van der Waals surface area contributed by atoms with Crippen LogP contribution in [0.3, 0.4) is 0 Å². The van der Waals surface area contributed by atoms with E-state index >= 15 is 0 Å². The lowest BCUT2D eigenvalue weighted by Gasteiger charge is -2.29. The monoisotopic (exact) mass is 699 g/mol. The second-order valence-corrected chi connectivity index (χ2v) is 14.2. The summed E-state index contributed by atoms with van der Waals surface area (Å²) in [5.74, 6) is 2.68. The number of rotatable bonds is 7. The van der Waals surface area contributed by atoms with E-state index in [4.69, 9.17) is 14.7 Å². The Labute approximate surface area is 317 Å². The maximum absolute atomic E-state index is 6.53. The number of allylic oxidation sites excluding steroid dienone is 4. The molecule has 0 unspecified atom stereocenters. The molecule has 262 valence electrons. The van der Waals surface area contributed by atoms with E-state index in [0.29, 0.717) is 11.5 Å². The SMILES string of the molecule is C=C(N=C(N=C(C)c1cccc2c1-c1ccccc1C2)c1ccccc1)c1cccc(N(C)c2cc3c(cc2-c2ccccc2)OC2=C(C=CCC2)C3)c1. The highest BCUT2D eigenvalue weighted by atomic mass is 16.5. The maximum atomic E-state index is 6.53. The fraction of sp³-hybridized carbons (Fsp3) is 0.120. The van der Waals surface area contributed by atoms with Crippen LogP contribution in [-0.4, -0.2) is 18.6 Å². The molecule has 2 aliphatic carbocycles. The predicted octanol–water partition coefficient (Wildman–Crippen LogP) is 12.2. The number of nitrogens with zero attached hydrogens (tertiary/aromatic N) is 3. The highest BCUT2D eigenvalue weighted by Crippen LogP contribution is 2.44. The van der Waals surface area contributed by atoms with E-state index in [1.54, 1.807) is 0 Å². The third-order valence-electron chi connectivity index (χ3n) is 10.8. The van der Waals surface area contributed by atoms with E-state index in [0.717, 1.165) is 82.1 Å². The Hall–Kier alpha value is -6.52. The number of benzene rings is 6. The Bertz CT molecular complexity index is 2560. The van der Waals surface area contributed by atoms with Gasteiger partial charge in [0.1, 0.15) is 11.5 Å². The molecule has 0 spiro atoms. The first-order valence-electron chi connectivity index (χ1n) is 18.7. The topological polar surface area (TPSA) is 37.2 Å². The molecule has 54 heavy (non-hydrogen) atoms. The van der Waals surface area contributed by atoms with Crippen LogP contribution in [0.5, 0.6) is 5.75 Å². The number of hydrogen-bond donors (Lipinski definition) is 0. The second kappa shape index (κ2) is 14.1. The van der Waals surface area contributed by atoms with Gasteiger partial charge in [0.05, 0.1) is 5.70 Å². The number of fused-ring (bicyclic) bond motifs is 4. The molecule has 4 heteroatoms. The summed E-state index contributed by atoms with van der Waals surface area (Å²) >= 11 is 0. The zero-order chi connectivity index (χ0) is 36.6. The molecular formula is C50H41N3O. The number of amidine groups is 1. The van der Waals surface area contributed by atoms with Crippen molar-refractivity contribution in [2.75, 3.05) is 11.9 Å². The molecule has 6 aromatic rings. The molecule has 0 N–H and O–H groups in total. The van der Waals surface area contributed by atoms with Gasteiger partial charge in [0, 0.05) is 64.8 Å². The first-order chi connectivity index (χ1) is 26.5. The minimum Gasteiger partial charge on any atom is -0.461 e. The smallest absolute Gasteiger partial charge is 0.160 e. The molecule has 0 saturated carbocycles. The lowest BCUT2D eigenvalue weighted by Crippen LogP contribution is -2.15. The van der Waals surface area contributed by atoms with Gasteiger partial charge in [-0.15, -0.1) is 0 Å². The molecule has 9 rings (SSSR count). The Balaban J connectivity index is 1.08. The van der Waals surface area contributed by atoms with Crippen LogP contribution in [-0.2, 0) is 12.8 Å². The van der Waals surface area contributed by atoms with Crippen LogP contribution in [0.2, 0.25) is 0 Å². The van der Waals surface area contributed by atoms with E-state index in [1.807, 2.05) is 18.2 Å². The molecule has 1 aliphatic heterocycles. The van der Waals surface area contributed by atoms with Crippen molar-refractivity contribution in [1.29, 1.82) is 0 Å². The van der Waals surface area contributed by atoms with Crippen molar-refractivity contribution in [1.82, 2.24) is 0 Å². The molecule has 1 heterocycles. The van der Waals surface area contributed by atoms with Gasteiger partial charge in [0.2, 0.25) is 0 Å². The first-order valence-corrected chi connectivity index (χ1v) is 18.7. The Morgan fingerprint density at radius 1 is 0.685 bits per heavy atom. The van der Waals surface area contributed by atoms with Crippen molar-refractivity contribution >= 4 is 28.6 Å². The minimum absolute atomic E-state index is 0.632. The lowest BCUT2D eigenvalue weighted by molar-refractivity contribution is 0.381. The molecule has 0 amide bonds. The second-order valence-electron chi connectivity index (χ2n) is 14.2. The van der Waals surface area contributed by atoms with E-state index in [2.05, 4.69) is 159 Å². The number of anilines is 2. The fourth-order valence-corrected chi connectivity index (χ4v) is 7.95. The van der Waals surface area contributed by atoms with Crippen molar-refractivity contribution in [2.24, 2.45) is 9.98 Å². The quantitative estimate of drug-likeness (QED) is 0.123. The first kappa shape index (κ1) is 33.3. The van der Waals surface area contributed by atoms with Gasteiger partial charge in [-0.3, -0.25) is 0 Å². The van der Waals surface area contributed by atoms with Crippen molar-refractivity contribution in [3.05, 3.63) is 203 Å². The molecule has 0 saturated heterocycles. The molecule has 6 aromatic carbocycles. The van der Waals surface area contributed by atoms with Gasteiger partial charge in [-0.05, 0) is 77.4 Å². The average Bonchev–Trinajstić information content (AvgIpc) is 3.61. The highest BCUT2D eigenvalue weighted by molar-refractivity contribution is 6.15. The van der Waals surface area contributed by atoms with Gasteiger partial charge < -0.3 is 9.64 Å². The largest absolute Gasteiger partial charge is 0.461 e. The maximum Gasteiger partial charge on any atom is 0.160 e. The van der Waals surface area contributed by atoms with E-state index in [9.17, 15) is 0 Å². The van der Waals surface area contributed by atoms with Crippen molar-refractivity contribution in [3.63, 3.8) is 0 Å². The molecule has 0 radical (unpaired) electrons. The summed E-state index contributed by atoms with van der Waals surface area (Å²) in [5.41, 5.74) is 16.7. The van der Waals surface area contributed by atoms with Crippen molar-refractivity contribution in [3.8, 4) is 28.0 Å². The van der Waals surface area contributed by atoms with Crippen LogP contribution in [0.15, 0.2) is 180 Å². The van der Waals surface area contributed by atoms with Crippen LogP contribution in [0.1, 0.15) is 53.1 Å². The number of aliphatic imine (C=N–C) groups is 2. The fourth-order valence-electron chi connectivity index (χ4n) is 7.95. The molecule has 0 fully saturated rings. The molecule has 0 bridgehead atoms. The Morgan fingerprint density at radius 2 is 1.43 bits per heavy atom. The van der Waals surface area contributed by atoms with Gasteiger partial charge in [-0.25, -0.2) is 9.98 Å². The van der Waals surface area contributed by atoms with Crippen LogP contribution in [0.25, 0.3) is 28.0 Å². The summed E-state index contributed by atoms with van der Waals surface area (Å²) in [5, 5.41) is 0. The van der Waals surface area contributed by atoms with Crippen molar-refractivity contribution in [2.45, 2.75) is 32.6 Å². The summed E-state index contributed by atoms with van der Waals surface area (Å²) in [4.78, 5) is 12.6. The third kappa shape index (κ3) is 6.30. The van der Waals surface area contributed by atoms with Crippen molar-refractivity contribution < 1.29 is 4.74 Å². The highest BCUT2D eigenvalue weighted by Gasteiger charge is 2.25. The summed E-state index contributed by atoms with van der Waals surface area (Å²) in [7, 11) is 2.13. The van der Waals surface area contributed by atoms with Gasteiger partial charge in [0.15, 0.2) is 5.84 Å². The number of hydrogen-bond acceptors (Lipinski definition) is 3. The molecule has 0 aromatic heterocycles. The van der Waals surface area contributed by atoms with Crippen LogP contribution < -0.4 is 9.64 Å². The van der Waals surface area contributed by atoms with Crippen LogP contribution in [0, 0.1) is 0 Å². The average molecular weight is 700 g/mol. The van der Waals surface area contributed by atoms with E-state index in [-0.39, 0.29) is 0 Å². The summed E-state index contributed by atoms with van der Waals surface area (Å²) in [6.45, 7) is 6.58. The zero-order valence-electron chi connectivity index (χ0n) is 30.7. The van der Waals surface area contributed by atoms with Gasteiger partial charge >= 0.3 is 0 Å². The Kier molecular flexibility index (Phi) is 8.72. The zero-order valence-corrected chi connectivity index (χ0v) is 30.7. The van der Waals surface area contributed by atoms with Gasteiger partial charge in [-0.1, -0.05) is 134 Å². The summed E-state index contributed by atoms with van der Waals surface area (Å²) in [6.07, 6.45) is 8.26. The van der Waals surface area contributed by atoms with E-state index in [1.165, 1.54) is 33.4 Å². The Morgan fingerprint density at radius 3 is 2.28 bits per heavy atom. The third-order valence-corrected chi connectivity index (χ3v) is 10.8. The van der Waals surface area contributed by atoms with Gasteiger partial charge in [0.25, 0.3) is 0 Å². The van der Waals surface area contributed by atoms with Crippen LogP contribution in [0.4, 0.5) is 11.4 Å². The van der Waals surface area contributed by atoms with Gasteiger partial charge in [-0.2, -0.15) is 0 Å². The van der Waals surface area contributed by atoms with E-state index < -0.39 is 0 Å². The molecule has 4 nitrogen and oxygen atoms in total. The molecule has 3 aliphatic rings. The minimum atomic E-state index is 0.632. The standard InChI is InChI=1S/C50H41N3O/c1-33(51-50(36-18-8-5-9-19-36)52-34(2)43-26-15-23-40-28-38-20-10-12-25-44(38)49(40)43)37-22-14-24-42(30-37)53(3)46-31-41-29-39-21-11-13-27-47(39)54-48(41)32-45(46)35-16-6-4-7-17-35/h4-12,14-26,30-32H,1,13,27-29H2,2-3H3. The molecular weight excluding hydrogens is 659 g/mol. The lowest BCUT2D eigenvalue weighted by atomic mass is 9.92. The number of ether oxygens (including phenoxy) is 1.